The van der Waals surface area contributed by atoms with Crippen LogP contribution in [0.25, 0.3) is 22.5 Å². The highest BCUT2D eigenvalue weighted by molar-refractivity contribution is 5.85. The van der Waals surface area contributed by atoms with E-state index >= 15 is 0 Å². The third kappa shape index (κ3) is 11.3. The van der Waals surface area contributed by atoms with E-state index in [1.165, 1.54) is 0 Å². The van der Waals surface area contributed by atoms with Crippen LogP contribution >= 0.6 is 24.8 Å². The molecule has 0 aliphatic carbocycles. The molecule has 16 nitrogen and oxygen atoms in total. The third-order valence-electron chi connectivity index (χ3n) is 9.67. The minimum absolute atomic E-state index is 0. The molecule has 4 fully saturated rings. The Morgan fingerprint density at radius 2 is 0.750 bits per heavy atom. The van der Waals surface area contributed by atoms with Gasteiger partial charge in [0.2, 0.25) is 11.9 Å². The number of hydrogen-bond donors (Lipinski definition) is 2. The number of nitrogens with two attached hydrogens (primary N) is 2. The highest BCUT2D eigenvalue weighted by atomic mass is 35.5. The summed E-state index contributed by atoms with van der Waals surface area (Å²) in [4.78, 5) is 33.6. The van der Waals surface area contributed by atoms with Gasteiger partial charge in [-0.05, 0) is 12.1 Å². The molecule has 60 heavy (non-hydrogen) atoms. The molecule has 328 valence electrons. The van der Waals surface area contributed by atoms with Gasteiger partial charge in [-0.3, -0.25) is 0 Å². The second-order valence-corrected chi connectivity index (χ2v) is 13.5. The molecule has 0 spiro atoms. The SMILES string of the molecule is Cl.Cl.Nc1cc(C(F)(F)F)c(-c2cc(N3CCOCC3)nc(N3CCOCC3)n2)cn1.Nc1cc(C(F)(F)F)c(-c2cc(N3CCOCC3)nc(N3CCOCC3)n2)cn1. The van der Waals surface area contributed by atoms with Gasteiger partial charge in [-0.15, -0.1) is 24.8 Å². The largest absolute Gasteiger partial charge is 0.417 e. The van der Waals surface area contributed by atoms with Crippen LogP contribution in [0, 0.1) is 0 Å². The summed E-state index contributed by atoms with van der Waals surface area (Å²) in [5.74, 6) is 1.47. The molecule has 0 unspecified atom stereocenters. The van der Waals surface area contributed by atoms with Crippen molar-refractivity contribution in [1.82, 2.24) is 29.9 Å². The van der Waals surface area contributed by atoms with Gasteiger partial charge in [-0.25, -0.2) is 19.9 Å². The molecule has 4 aromatic heterocycles. The Morgan fingerprint density at radius 1 is 0.450 bits per heavy atom. The van der Waals surface area contributed by atoms with Crippen LogP contribution in [0.3, 0.4) is 0 Å². The van der Waals surface area contributed by atoms with Crippen LogP contribution in [0.4, 0.5) is 61.5 Å². The quantitative estimate of drug-likeness (QED) is 0.259. The molecule has 8 rings (SSSR count). The first-order valence-electron chi connectivity index (χ1n) is 18.6. The Labute approximate surface area is 353 Å². The molecule has 0 atom stereocenters. The molecule has 4 aromatic rings. The maximum Gasteiger partial charge on any atom is 0.417 e. The van der Waals surface area contributed by atoms with Crippen molar-refractivity contribution >= 4 is 60.0 Å². The van der Waals surface area contributed by atoms with Gasteiger partial charge in [0.15, 0.2) is 0 Å². The van der Waals surface area contributed by atoms with Crippen molar-refractivity contribution in [3.8, 4) is 22.5 Å². The number of nitrogen functional groups attached to an aromatic ring is 2. The van der Waals surface area contributed by atoms with E-state index in [-0.39, 0.29) is 59.0 Å². The summed E-state index contributed by atoms with van der Waals surface area (Å²) >= 11 is 0. The Morgan fingerprint density at radius 3 is 1.05 bits per heavy atom. The third-order valence-corrected chi connectivity index (χ3v) is 9.67. The highest BCUT2D eigenvalue weighted by Gasteiger charge is 2.37. The van der Waals surface area contributed by atoms with Crippen LogP contribution in [0.5, 0.6) is 0 Å². The topological polar surface area (TPSA) is 179 Å². The number of morpholine rings is 4. The number of pyridine rings is 2. The van der Waals surface area contributed by atoms with Gasteiger partial charge < -0.3 is 50.0 Å². The van der Waals surface area contributed by atoms with E-state index in [9.17, 15) is 26.3 Å². The maximum absolute atomic E-state index is 13.6. The lowest BCUT2D eigenvalue weighted by atomic mass is 10.1. The second-order valence-electron chi connectivity index (χ2n) is 13.5. The van der Waals surface area contributed by atoms with Crippen LogP contribution in [0.1, 0.15) is 11.1 Å². The molecule has 4 saturated heterocycles. The monoisotopic (exact) mass is 892 g/mol. The standard InChI is InChI=1S/2C18H21F3N6O2.2ClH/c2*19-18(20,21)13-9-15(22)23-11-12(13)14-10-16(26-1-5-28-6-2-26)25-17(24-14)27-3-7-29-8-4-27;;/h2*9-11H,1-8H2,(H2,22,23);2*1H. The predicted molar refractivity (Wildman–Crippen MR) is 216 cm³/mol. The first kappa shape index (κ1) is 46.3. The Kier molecular flexibility index (Phi) is 15.6. The summed E-state index contributed by atoms with van der Waals surface area (Å²) in [6, 6.07) is 4.80. The van der Waals surface area contributed by atoms with Crippen LogP contribution in [0.2, 0.25) is 0 Å². The highest BCUT2D eigenvalue weighted by Crippen LogP contribution is 2.40. The molecule has 4 aliphatic rings. The van der Waals surface area contributed by atoms with Gasteiger partial charge in [0, 0.05) is 88.0 Å². The summed E-state index contributed by atoms with van der Waals surface area (Å²) in [6.07, 6.45) is -6.94. The van der Waals surface area contributed by atoms with Gasteiger partial charge in [0.25, 0.3) is 0 Å². The van der Waals surface area contributed by atoms with Crippen LogP contribution in [-0.4, -0.2) is 135 Å². The predicted octanol–water partition coefficient (Wildman–Crippen LogP) is 4.47. The minimum Gasteiger partial charge on any atom is -0.384 e. The molecule has 0 radical (unpaired) electrons. The zero-order valence-electron chi connectivity index (χ0n) is 32.1. The number of aromatic nitrogens is 6. The molecule has 4 N–H and O–H groups in total. The zero-order chi connectivity index (χ0) is 40.9. The fourth-order valence-corrected chi connectivity index (χ4v) is 6.66. The first-order chi connectivity index (χ1) is 27.8. The van der Waals surface area contributed by atoms with Crippen molar-refractivity contribution in [3.63, 3.8) is 0 Å². The van der Waals surface area contributed by atoms with Crippen LogP contribution in [0.15, 0.2) is 36.7 Å². The molecule has 0 bridgehead atoms. The number of nitrogens with zero attached hydrogens (tertiary/aromatic N) is 10. The van der Waals surface area contributed by atoms with Crippen molar-refractivity contribution in [1.29, 1.82) is 0 Å². The molecule has 4 aliphatic heterocycles. The Bertz CT molecular complexity index is 1820. The molecule has 0 amide bonds. The van der Waals surface area contributed by atoms with Crippen LogP contribution in [-0.2, 0) is 31.3 Å². The van der Waals surface area contributed by atoms with Crippen molar-refractivity contribution in [2.75, 3.05) is 136 Å². The molecule has 0 saturated carbocycles. The fourth-order valence-electron chi connectivity index (χ4n) is 6.66. The van der Waals surface area contributed by atoms with Crippen molar-refractivity contribution in [2.45, 2.75) is 12.4 Å². The number of anilines is 6. The summed E-state index contributed by atoms with van der Waals surface area (Å²) < 4.78 is 103. The van der Waals surface area contributed by atoms with Crippen molar-refractivity contribution in [3.05, 3.63) is 47.8 Å². The normalized spacial score (nSPS) is 17.6. The number of rotatable bonds is 6. The first-order valence-corrected chi connectivity index (χ1v) is 18.6. The van der Waals surface area contributed by atoms with Gasteiger partial charge in [-0.2, -0.15) is 36.3 Å². The number of ether oxygens (including phenoxy) is 4. The van der Waals surface area contributed by atoms with E-state index in [1.54, 1.807) is 12.1 Å². The van der Waals surface area contributed by atoms with Gasteiger partial charge in [-0.1, -0.05) is 0 Å². The van der Waals surface area contributed by atoms with Gasteiger partial charge in [0.05, 0.1) is 75.4 Å². The van der Waals surface area contributed by atoms with E-state index < -0.39 is 23.5 Å². The molecular formula is C36H44Cl2F6N12O4. The molecule has 8 heterocycles. The number of alkyl halides is 6. The van der Waals surface area contributed by atoms with E-state index in [1.807, 2.05) is 19.6 Å². The van der Waals surface area contributed by atoms with Crippen molar-refractivity contribution < 1.29 is 45.3 Å². The minimum atomic E-state index is -4.59. The van der Waals surface area contributed by atoms with Gasteiger partial charge in [0.1, 0.15) is 23.3 Å². The van der Waals surface area contributed by atoms with E-state index in [2.05, 4.69) is 29.9 Å². The van der Waals surface area contributed by atoms with E-state index in [4.69, 9.17) is 30.4 Å². The Hall–Kier alpha value is -4.74. The lowest BCUT2D eigenvalue weighted by Crippen LogP contribution is -2.39. The molecular weight excluding hydrogens is 849 g/mol. The smallest absolute Gasteiger partial charge is 0.384 e. The fraction of sp³-hybridized carbons (Fsp3) is 0.500. The van der Waals surface area contributed by atoms with Crippen molar-refractivity contribution in [2.24, 2.45) is 0 Å². The van der Waals surface area contributed by atoms with Crippen LogP contribution < -0.4 is 31.1 Å². The number of hydrogen-bond acceptors (Lipinski definition) is 16. The number of halogens is 8. The molecule has 24 heteroatoms. The van der Waals surface area contributed by atoms with E-state index in [0.29, 0.717) is 129 Å². The van der Waals surface area contributed by atoms with Gasteiger partial charge >= 0.3 is 12.4 Å². The maximum atomic E-state index is 13.6. The average Bonchev–Trinajstić information content (AvgIpc) is 3.24. The molecule has 0 aromatic carbocycles. The second kappa shape index (κ2) is 20.2. The average molecular weight is 894 g/mol. The van der Waals surface area contributed by atoms with E-state index in [0.717, 1.165) is 24.5 Å². The lowest BCUT2D eigenvalue weighted by Gasteiger charge is -2.31. The summed E-state index contributed by atoms with van der Waals surface area (Å²) in [5, 5.41) is 0. The Balaban J connectivity index is 0.000000220. The zero-order valence-corrected chi connectivity index (χ0v) is 33.8. The summed E-state index contributed by atoms with van der Waals surface area (Å²) in [7, 11) is 0. The summed E-state index contributed by atoms with van der Waals surface area (Å²) in [6.45, 7) is 8.85. The lowest BCUT2D eigenvalue weighted by molar-refractivity contribution is -0.137. The summed E-state index contributed by atoms with van der Waals surface area (Å²) in [5.41, 5.74) is 9.33.